The highest BCUT2D eigenvalue weighted by Crippen LogP contribution is 2.29. The van der Waals surface area contributed by atoms with E-state index < -0.39 is 27.9 Å². The van der Waals surface area contributed by atoms with Crippen molar-refractivity contribution < 1.29 is 27.5 Å². The molecule has 1 aromatic rings. The second-order valence-electron chi connectivity index (χ2n) is 4.64. The average molecular weight is 328 g/mol. The molecule has 9 heteroatoms. The lowest BCUT2D eigenvalue weighted by molar-refractivity contribution is -0.134. The number of ether oxygens (including phenoxy) is 2. The van der Waals surface area contributed by atoms with Crippen molar-refractivity contribution in [2.75, 3.05) is 14.2 Å². The summed E-state index contributed by atoms with van der Waals surface area (Å²) in [5.41, 5.74) is 0. The van der Waals surface area contributed by atoms with Crippen LogP contribution in [0.2, 0.25) is 0 Å². The lowest BCUT2D eigenvalue weighted by atomic mass is 10.1. The number of methoxy groups -OCH3 is 2. The smallest absolute Gasteiger partial charge is 0.244 e. The molecule has 1 heterocycles. The third kappa shape index (κ3) is 3.37. The molecule has 0 radical (unpaired) electrons. The number of amides is 2. The topological polar surface area (TPSA) is 111 Å². The molecule has 0 saturated carbocycles. The van der Waals surface area contributed by atoms with Gasteiger partial charge in [-0.1, -0.05) is 0 Å². The summed E-state index contributed by atoms with van der Waals surface area (Å²) in [6.45, 7) is 0. The Morgan fingerprint density at radius 1 is 1.18 bits per heavy atom. The molecule has 2 rings (SSSR count). The van der Waals surface area contributed by atoms with Crippen molar-refractivity contribution in [1.29, 1.82) is 0 Å². The summed E-state index contributed by atoms with van der Waals surface area (Å²) in [7, 11) is -1.10. The Balaban J connectivity index is 2.23. The van der Waals surface area contributed by atoms with Crippen LogP contribution in [0.4, 0.5) is 0 Å². The third-order valence-electron chi connectivity index (χ3n) is 3.20. The Morgan fingerprint density at radius 3 is 2.45 bits per heavy atom. The molecular formula is C13H16N2O6S. The van der Waals surface area contributed by atoms with Crippen LogP contribution in [0.5, 0.6) is 11.5 Å². The van der Waals surface area contributed by atoms with Crippen LogP contribution < -0.4 is 19.5 Å². The summed E-state index contributed by atoms with van der Waals surface area (Å²) in [6, 6.07) is 3.12. The fraction of sp³-hybridized carbons (Fsp3) is 0.385. The maximum atomic E-state index is 12.3. The molecule has 1 fully saturated rings. The van der Waals surface area contributed by atoms with E-state index in [2.05, 4.69) is 10.0 Å². The van der Waals surface area contributed by atoms with Gasteiger partial charge in [0.15, 0.2) is 11.5 Å². The number of rotatable bonds is 5. The number of hydrogen-bond donors (Lipinski definition) is 2. The van der Waals surface area contributed by atoms with Crippen molar-refractivity contribution in [3.63, 3.8) is 0 Å². The quantitative estimate of drug-likeness (QED) is 0.724. The third-order valence-corrected chi connectivity index (χ3v) is 4.67. The molecule has 1 unspecified atom stereocenters. The van der Waals surface area contributed by atoms with Crippen molar-refractivity contribution in [3.8, 4) is 11.5 Å². The Bertz CT molecular complexity index is 700. The number of carbonyl (C=O) groups excluding carboxylic acids is 2. The Morgan fingerprint density at radius 2 is 1.86 bits per heavy atom. The lowest BCUT2D eigenvalue weighted by Crippen LogP contribution is -2.52. The summed E-state index contributed by atoms with van der Waals surface area (Å²) >= 11 is 0. The van der Waals surface area contributed by atoms with Crippen LogP contribution in [0.1, 0.15) is 12.8 Å². The van der Waals surface area contributed by atoms with E-state index in [0.717, 1.165) is 0 Å². The second-order valence-corrected chi connectivity index (χ2v) is 6.36. The fourth-order valence-corrected chi connectivity index (χ4v) is 3.29. The summed E-state index contributed by atoms with van der Waals surface area (Å²) in [4.78, 5) is 22.6. The zero-order valence-electron chi connectivity index (χ0n) is 12.1. The van der Waals surface area contributed by atoms with Gasteiger partial charge in [-0.15, -0.1) is 0 Å². The second kappa shape index (κ2) is 6.32. The summed E-state index contributed by atoms with van der Waals surface area (Å²) < 4.78 is 37.0. The zero-order chi connectivity index (χ0) is 16.3. The van der Waals surface area contributed by atoms with Gasteiger partial charge in [0.05, 0.1) is 19.1 Å². The molecule has 0 bridgehead atoms. The number of benzene rings is 1. The predicted molar refractivity (Wildman–Crippen MR) is 76.0 cm³/mol. The molecule has 22 heavy (non-hydrogen) atoms. The highest BCUT2D eigenvalue weighted by molar-refractivity contribution is 7.89. The van der Waals surface area contributed by atoms with Gasteiger partial charge in [0.25, 0.3) is 0 Å². The first kappa shape index (κ1) is 16.2. The van der Waals surface area contributed by atoms with Gasteiger partial charge in [-0.05, 0) is 18.6 Å². The Hall–Kier alpha value is -2.13. The minimum absolute atomic E-state index is 0.0603. The fourth-order valence-electron chi connectivity index (χ4n) is 2.05. The molecule has 0 aliphatic carbocycles. The number of piperidine rings is 1. The number of nitrogens with one attached hydrogen (secondary N) is 2. The van der Waals surface area contributed by atoms with Crippen molar-refractivity contribution in [2.45, 2.75) is 23.8 Å². The summed E-state index contributed by atoms with van der Waals surface area (Å²) in [5, 5.41) is 2.09. The lowest BCUT2D eigenvalue weighted by Gasteiger charge is -2.21. The molecule has 8 nitrogen and oxygen atoms in total. The molecule has 0 spiro atoms. The number of sulfonamides is 1. The highest BCUT2D eigenvalue weighted by atomic mass is 32.2. The van der Waals surface area contributed by atoms with Gasteiger partial charge in [0.2, 0.25) is 21.8 Å². The molecule has 1 aliphatic rings. The number of imide groups is 1. The van der Waals surface area contributed by atoms with E-state index in [1.807, 2.05) is 0 Å². The van der Waals surface area contributed by atoms with E-state index in [0.29, 0.717) is 5.75 Å². The van der Waals surface area contributed by atoms with Gasteiger partial charge >= 0.3 is 0 Å². The molecule has 2 amide bonds. The number of hydrogen-bond acceptors (Lipinski definition) is 6. The Kier molecular flexibility index (Phi) is 4.67. The molecule has 1 aliphatic heterocycles. The first-order valence-corrected chi connectivity index (χ1v) is 7.93. The van der Waals surface area contributed by atoms with Gasteiger partial charge in [0, 0.05) is 12.5 Å². The molecule has 1 saturated heterocycles. The van der Waals surface area contributed by atoms with E-state index in [1.165, 1.54) is 32.4 Å². The average Bonchev–Trinajstić information content (AvgIpc) is 2.49. The standard InChI is InChI=1S/C13H16N2O6S/c1-20-10-5-3-8(7-11(10)21-2)22(18,19)15-9-4-6-12(16)14-13(9)17/h3,5,7,9,15H,4,6H2,1-2H3,(H,14,16,17). The maximum Gasteiger partial charge on any atom is 0.244 e. The van der Waals surface area contributed by atoms with E-state index in [-0.39, 0.29) is 23.5 Å². The van der Waals surface area contributed by atoms with Crippen LogP contribution in [0.15, 0.2) is 23.1 Å². The van der Waals surface area contributed by atoms with Crippen LogP contribution in [-0.2, 0) is 19.6 Å². The molecule has 1 atom stereocenters. The van der Waals surface area contributed by atoms with Gasteiger partial charge in [-0.2, -0.15) is 4.72 Å². The molecule has 1 aromatic carbocycles. The van der Waals surface area contributed by atoms with Gasteiger partial charge in [-0.25, -0.2) is 8.42 Å². The van der Waals surface area contributed by atoms with Crippen LogP contribution in [0.3, 0.4) is 0 Å². The van der Waals surface area contributed by atoms with Gasteiger partial charge < -0.3 is 9.47 Å². The largest absolute Gasteiger partial charge is 0.493 e. The van der Waals surface area contributed by atoms with Crippen molar-refractivity contribution in [3.05, 3.63) is 18.2 Å². The molecule has 0 aromatic heterocycles. The first-order valence-electron chi connectivity index (χ1n) is 6.45. The first-order chi connectivity index (χ1) is 10.4. The van der Waals surface area contributed by atoms with E-state index in [9.17, 15) is 18.0 Å². The SMILES string of the molecule is COc1ccc(S(=O)(=O)NC2CCC(=O)NC2=O)cc1OC. The minimum Gasteiger partial charge on any atom is -0.493 e. The van der Waals surface area contributed by atoms with E-state index in [4.69, 9.17) is 9.47 Å². The molecule has 120 valence electrons. The Labute approximate surface area is 127 Å². The monoisotopic (exact) mass is 328 g/mol. The van der Waals surface area contributed by atoms with Gasteiger partial charge in [0.1, 0.15) is 6.04 Å². The van der Waals surface area contributed by atoms with Crippen LogP contribution >= 0.6 is 0 Å². The van der Waals surface area contributed by atoms with Gasteiger partial charge in [-0.3, -0.25) is 14.9 Å². The molecule has 2 N–H and O–H groups in total. The number of carbonyl (C=O) groups is 2. The minimum atomic E-state index is -3.93. The highest BCUT2D eigenvalue weighted by Gasteiger charge is 2.31. The predicted octanol–water partition coefficient (Wildman–Crippen LogP) is -0.213. The molecular weight excluding hydrogens is 312 g/mol. The van der Waals surface area contributed by atoms with Crippen LogP contribution in [-0.4, -0.2) is 40.5 Å². The normalized spacial score (nSPS) is 18.7. The van der Waals surface area contributed by atoms with E-state index in [1.54, 1.807) is 0 Å². The van der Waals surface area contributed by atoms with Crippen molar-refractivity contribution >= 4 is 21.8 Å². The van der Waals surface area contributed by atoms with Crippen molar-refractivity contribution in [1.82, 2.24) is 10.0 Å². The van der Waals surface area contributed by atoms with E-state index >= 15 is 0 Å². The van der Waals surface area contributed by atoms with Crippen LogP contribution in [0.25, 0.3) is 0 Å². The summed E-state index contributed by atoms with van der Waals surface area (Å²) in [5.74, 6) is -0.414. The van der Waals surface area contributed by atoms with Crippen molar-refractivity contribution in [2.24, 2.45) is 0 Å². The summed E-state index contributed by atoms with van der Waals surface area (Å²) in [6.07, 6.45) is 0.210. The maximum absolute atomic E-state index is 12.3. The van der Waals surface area contributed by atoms with Crippen LogP contribution in [0, 0.1) is 0 Å². The zero-order valence-corrected chi connectivity index (χ0v) is 12.9.